The third-order valence-corrected chi connectivity index (χ3v) is 6.40. The predicted octanol–water partition coefficient (Wildman–Crippen LogP) is 3.12. The summed E-state index contributed by atoms with van der Waals surface area (Å²) in [6, 6.07) is 0.485. The normalized spacial score (nSPS) is 22.0. The van der Waals surface area contributed by atoms with Crippen LogP contribution in [0.15, 0.2) is 22.9 Å². The summed E-state index contributed by atoms with van der Waals surface area (Å²) in [6.07, 6.45) is 1.75. The van der Waals surface area contributed by atoms with Crippen LogP contribution >= 0.6 is 0 Å². The molecule has 2 aliphatic rings. The average molecular weight is 489 g/mol. The zero-order valence-corrected chi connectivity index (χ0v) is 19.2. The molecule has 0 aliphatic carbocycles. The molecule has 4 heterocycles. The number of amides is 3. The van der Waals surface area contributed by atoms with E-state index in [1.165, 1.54) is 4.90 Å². The molecular weight excluding hydrogens is 467 g/mol. The quantitative estimate of drug-likeness (QED) is 0.567. The Morgan fingerprint density at radius 3 is 2.63 bits per heavy atom. The van der Waals surface area contributed by atoms with Gasteiger partial charge in [-0.2, -0.15) is 10.1 Å². The maximum absolute atomic E-state index is 13.6. The van der Waals surface area contributed by atoms with E-state index in [0.717, 1.165) is 0 Å². The lowest BCUT2D eigenvalue weighted by Crippen LogP contribution is -2.47. The number of rotatable bonds is 3. The lowest BCUT2D eigenvalue weighted by Gasteiger charge is -2.35. The summed E-state index contributed by atoms with van der Waals surface area (Å²) < 4.78 is 47.4. The van der Waals surface area contributed by atoms with Crippen LogP contribution < -0.4 is 10.2 Å². The predicted molar refractivity (Wildman–Crippen MR) is 116 cm³/mol. The van der Waals surface area contributed by atoms with Crippen molar-refractivity contribution in [2.24, 2.45) is 0 Å². The third kappa shape index (κ3) is 3.90. The first-order valence-electron chi connectivity index (χ1n) is 10.9. The number of carbonyl (C=O) groups is 2. The summed E-state index contributed by atoms with van der Waals surface area (Å²) in [5, 5.41) is 10.6. The van der Waals surface area contributed by atoms with Crippen molar-refractivity contribution in [3.63, 3.8) is 0 Å². The molecule has 5 rings (SSSR count). The molecule has 0 radical (unpaired) electrons. The van der Waals surface area contributed by atoms with Gasteiger partial charge in [-0.3, -0.25) is 9.48 Å². The summed E-state index contributed by atoms with van der Waals surface area (Å²) in [5.41, 5.74) is 0.300. The van der Waals surface area contributed by atoms with Crippen LogP contribution in [-0.4, -0.2) is 49.3 Å². The SMILES string of the molecule is Cc1noc(C2(C)CC(=O)N(c3cnn4c3CN(C(=O)Nc3cc(F)c(F)c(F)c3)[C@@H](C)C4)C2)n1. The number of aryl methyl sites for hydroxylation is 1. The summed E-state index contributed by atoms with van der Waals surface area (Å²) in [6.45, 7) is 6.10. The largest absolute Gasteiger partial charge is 0.339 e. The van der Waals surface area contributed by atoms with Gasteiger partial charge in [0.25, 0.3) is 0 Å². The van der Waals surface area contributed by atoms with Gasteiger partial charge in [0.1, 0.15) is 0 Å². The van der Waals surface area contributed by atoms with Crippen LogP contribution in [0.5, 0.6) is 0 Å². The second-order valence-corrected chi connectivity index (χ2v) is 9.18. The maximum atomic E-state index is 13.6. The van der Waals surface area contributed by atoms with E-state index in [1.54, 1.807) is 29.6 Å². The minimum atomic E-state index is -1.61. The van der Waals surface area contributed by atoms with Gasteiger partial charge >= 0.3 is 6.03 Å². The number of anilines is 2. The van der Waals surface area contributed by atoms with Crippen molar-refractivity contribution in [3.8, 4) is 0 Å². The van der Waals surface area contributed by atoms with Gasteiger partial charge in [-0.05, 0) is 20.8 Å². The van der Waals surface area contributed by atoms with Gasteiger partial charge in [0.15, 0.2) is 23.3 Å². The topological polar surface area (TPSA) is 109 Å². The molecule has 1 saturated heterocycles. The molecular formula is C22H22F3N7O3. The second-order valence-electron chi connectivity index (χ2n) is 9.18. The van der Waals surface area contributed by atoms with E-state index in [-0.39, 0.29) is 30.6 Å². The van der Waals surface area contributed by atoms with Crippen molar-refractivity contribution in [3.05, 3.63) is 53.2 Å². The lowest BCUT2D eigenvalue weighted by atomic mass is 9.89. The number of nitrogens with one attached hydrogen (secondary N) is 1. The first-order chi connectivity index (χ1) is 16.6. The molecule has 3 amide bonds. The highest BCUT2D eigenvalue weighted by Crippen LogP contribution is 2.38. The van der Waals surface area contributed by atoms with E-state index in [2.05, 4.69) is 20.6 Å². The molecule has 0 bridgehead atoms. The van der Waals surface area contributed by atoms with E-state index in [9.17, 15) is 22.8 Å². The summed E-state index contributed by atoms with van der Waals surface area (Å²) in [4.78, 5) is 33.3. The van der Waals surface area contributed by atoms with Crippen molar-refractivity contribution in [1.29, 1.82) is 0 Å². The highest BCUT2D eigenvalue weighted by atomic mass is 19.2. The van der Waals surface area contributed by atoms with Crippen LogP contribution in [0.25, 0.3) is 0 Å². The molecule has 0 spiro atoms. The van der Waals surface area contributed by atoms with Crippen LogP contribution in [0, 0.1) is 24.4 Å². The van der Waals surface area contributed by atoms with Gasteiger partial charge in [-0.1, -0.05) is 5.16 Å². The Morgan fingerprint density at radius 1 is 1.26 bits per heavy atom. The molecule has 2 aliphatic heterocycles. The zero-order valence-electron chi connectivity index (χ0n) is 19.2. The highest BCUT2D eigenvalue weighted by Gasteiger charge is 2.47. The first kappa shape index (κ1) is 22.9. The first-order valence-corrected chi connectivity index (χ1v) is 10.9. The van der Waals surface area contributed by atoms with Gasteiger partial charge in [0.2, 0.25) is 11.8 Å². The highest BCUT2D eigenvalue weighted by molar-refractivity contribution is 5.97. The standard InChI is InChI=1S/C22H22F3N7O3/c1-11-8-32-17(9-30(11)21(34)28-13-4-14(23)19(25)15(24)5-13)16(7-26-32)31-10-22(3,6-18(31)33)20-27-12(2)29-35-20/h4-5,7,11H,6,8-10H2,1-3H3,(H,28,34)/t11-,22?/m0/s1. The summed E-state index contributed by atoms with van der Waals surface area (Å²) in [5.74, 6) is -3.71. The average Bonchev–Trinajstić information content (AvgIpc) is 3.48. The number of fused-ring (bicyclic) bond motifs is 1. The number of halogens is 3. The molecule has 184 valence electrons. The van der Waals surface area contributed by atoms with E-state index in [0.29, 0.717) is 48.3 Å². The molecule has 10 nitrogen and oxygen atoms in total. The van der Waals surface area contributed by atoms with Crippen LogP contribution in [-0.2, 0) is 23.3 Å². The second kappa shape index (κ2) is 8.10. The Labute approximate surface area is 197 Å². The molecule has 35 heavy (non-hydrogen) atoms. The Kier molecular flexibility index (Phi) is 5.29. The third-order valence-electron chi connectivity index (χ3n) is 6.40. The van der Waals surface area contributed by atoms with Gasteiger partial charge < -0.3 is 19.6 Å². The number of carbonyl (C=O) groups excluding carboxylic acids is 2. The van der Waals surface area contributed by atoms with Crippen LogP contribution in [0.3, 0.4) is 0 Å². The Balaban J connectivity index is 1.38. The Morgan fingerprint density at radius 2 is 1.97 bits per heavy atom. The maximum Gasteiger partial charge on any atom is 0.322 e. The Hall–Kier alpha value is -3.90. The molecule has 1 aromatic carbocycles. The molecule has 1 N–H and O–H groups in total. The zero-order chi connectivity index (χ0) is 25.1. The molecule has 1 fully saturated rings. The van der Waals surface area contributed by atoms with Crippen molar-refractivity contribution in [2.45, 2.75) is 51.7 Å². The van der Waals surface area contributed by atoms with E-state index < -0.39 is 28.9 Å². The van der Waals surface area contributed by atoms with Crippen LogP contribution in [0.4, 0.5) is 29.3 Å². The number of aromatic nitrogens is 4. The molecule has 1 unspecified atom stereocenters. The van der Waals surface area contributed by atoms with Crippen molar-refractivity contribution < 1.29 is 27.3 Å². The smallest absolute Gasteiger partial charge is 0.322 e. The number of urea groups is 1. The molecule has 13 heteroatoms. The fourth-order valence-corrected chi connectivity index (χ4v) is 4.53. The summed E-state index contributed by atoms with van der Waals surface area (Å²) >= 11 is 0. The van der Waals surface area contributed by atoms with Gasteiger partial charge in [0.05, 0.1) is 42.1 Å². The van der Waals surface area contributed by atoms with Crippen molar-refractivity contribution in [1.82, 2.24) is 24.8 Å². The molecule has 2 aromatic heterocycles. The van der Waals surface area contributed by atoms with Crippen molar-refractivity contribution >= 4 is 23.3 Å². The van der Waals surface area contributed by atoms with Crippen LogP contribution in [0.1, 0.15) is 37.7 Å². The van der Waals surface area contributed by atoms with Crippen LogP contribution in [0.2, 0.25) is 0 Å². The number of hydrogen-bond acceptors (Lipinski definition) is 6. The Bertz CT molecular complexity index is 1320. The van der Waals surface area contributed by atoms with E-state index in [4.69, 9.17) is 4.52 Å². The van der Waals surface area contributed by atoms with E-state index in [1.807, 2.05) is 6.92 Å². The summed E-state index contributed by atoms with van der Waals surface area (Å²) in [7, 11) is 0. The van der Waals surface area contributed by atoms with Crippen molar-refractivity contribution in [2.75, 3.05) is 16.8 Å². The fourth-order valence-electron chi connectivity index (χ4n) is 4.53. The van der Waals surface area contributed by atoms with E-state index >= 15 is 0 Å². The minimum absolute atomic E-state index is 0.0919. The number of nitrogens with zero attached hydrogens (tertiary/aromatic N) is 6. The molecule has 3 aromatic rings. The molecule has 0 saturated carbocycles. The van der Waals surface area contributed by atoms with Gasteiger partial charge in [-0.25, -0.2) is 18.0 Å². The lowest BCUT2D eigenvalue weighted by molar-refractivity contribution is -0.117. The fraction of sp³-hybridized carbons (Fsp3) is 0.409. The van der Waals surface area contributed by atoms with Gasteiger partial charge in [0, 0.05) is 30.8 Å². The van der Waals surface area contributed by atoms with Gasteiger partial charge in [-0.15, -0.1) is 0 Å². The monoisotopic (exact) mass is 489 g/mol. The molecule has 2 atom stereocenters. The minimum Gasteiger partial charge on any atom is -0.339 e. The number of benzene rings is 1. The number of hydrogen-bond donors (Lipinski definition) is 1.